The van der Waals surface area contributed by atoms with Crippen molar-refractivity contribution in [3.63, 3.8) is 0 Å². The van der Waals surface area contributed by atoms with E-state index < -0.39 is 5.72 Å². The van der Waals surface area contributed by atoms with E-state index in [0.717, 1.165) is 22.6 Å². The molecule has 2 N–H and O–H groups in total. The molecule has 2 aromatic carbocycles. The predicted molar refractivity (Wildman–Crippen MR) is 120 cm³/mol. The van der Waals surface area contributed by atoms with E-state index in [9.17, 15) is 0 Å². The van der Waals surface area contributed by atoms with E-state index in [-0.39, 0.29) is 12.0 Å². The Morgan fingerprint density at radius 3 is 2.45 bits per heavy atom. The molecule has 0 amide bonds. The summed E-state index contributed by atoms with van der Waals surface area (Å²) in [6.45, 7) is 7.28. The predicted octanol–water partition coefficient (Wildman–Crippen LogP) is 3.73. The number of benzene rings is 2. The molecule has 31 heavy (non-hydrogen) atoms. The molecule has 1 spiro atoms. The summed E-state index contributed by atoms with van der Waals surface area (Å²) in [7, 11) is 0. The summed E-state index contributed by atoms with van der Waals surface area (Å²) in [4.78, 5) is 0. The molecule has 0 radical (unpaired) electrons. The number of aliphatic hydroxyl groups is 1. The molecule has 6 heteroatoms. The largest absolute Gasteiger partial charge is 0.463 e. The first-order valence-electron chi connectivity index (χ1n) is 10.8. The van der Waals surface area contributed by atoms with Crippen LogP contribution in [0.15, 0.2) is 48.5 Å². The fraction of sp³-hybridized carbons (Fsp3) is 0.440. The Labute approximate surface area is 183 Å². The minimum Gasteiger partial charge on any atom is -0.463 e. The molecule has 4 rings (SSSR count). The van der Waals surface area contributed by atoms with Crippen LogP contribution in [-0.2, 0) is 26.2 Å². The van der Waals surface area contributed by atoms with E-state index in [1.807, 2.05) is 6.07 Å². The van der Waals surface area contributed by atoms with Crippen LogP contribution in [0.1, 0.15) is 30.5 Å². The van der Waals surface area contributed by atoms with Crippen LogP contribution in [0, 0.1) is 0 Å². The number of rotatable bonds is 10. The molecular formula is C25H31NO5. The maximum absolute atomic E-state index is 8.65. The van der Waals surface area contributed by atoms with E-state index in [1.165, 1.54) is 5.56 Å². The lowest BCUT2D eigenvalue weighted by Gasteiger charge is -2.41. The number of aliphatic hydroxyl groups excluding tert-OH is 1. The zero-order chi connectivity index (χ0) is 21.7. The van der Waals surface area contributed by atoms with Gasteiger partial charge in [-0.15, -0.1) is 0 Å². The van der Waals surface area contributed by atoms with Gasteiger partial charge in [0.05, 0.1) is 51.7 Å². The lowest BCUT2D eigenvalue weighted by Crippen LogP contribution is -2.53. The Morgan fingerprint density at radius 1 is 0.935 bits per heavy atom. The van der Waals surface area contributed by atoms with E-state index in [4.69, 9.17) is 24.1 Å². The average Bonchev–Trinajstić information content (AvgIpc) is 2.98. The molecule has 2 aliphatic heterocycles. The standard InChI is InChI=1S/C25H31NO5/c1-24(2)21-5-3-4-6-22(21)26-25(24)10-9-20-8-7-19(17-23(20)31-25)18-30-16-15-29-14-13-28-12-11-27/h3-10,17,26-27H,11-16,18H2,1-2H3. The molecule has 1 atom stereocenters. The van der Waals surface area contributed by atoms with Gasteiger partial charge in [0.25, 0.3) is 0 Å². The Morgan fingerprint density at radius 2 is 1.68 bits per heavy atom. The third kappa shape index (κ3) is 4.48. The van der Waals surface area contributed by atoms with Gasteiger partial charge in [-0.25, -0.2) is 0 Å². The number of hydrogen-bond donors (Lipinski definition) is 2. The Kier molecular flexibility index (Phi) is 6.62. The molecule has 0 saturated heterocycles. The second kappa shape index (κ2) is 9.40. The van der Waals surface area contributed by atoms with E-state index in [2.05, 4.69) is 67.7 Å². The summed E-state index contributed by atoms with van der Waals surface area (Å²) < 4.78 is 23.0. The molecule has 166 valence electrons. The molecule has 0 aliphatic carbocycles. The van der Waals surface area contributed by atoms with Gasteiger partial charge in [-0.05, 0) is 49.3 Å². The fourth-order valence-electron chi connectivity index (χ4n) is 4.10. The van der Waals surface area contributed by atoms with Crippen LogP contribution in [0.5, 0.6) is 5.75 Å². The number of anilines is 1. The Bertz CT molecular complexity index is 926. The number of hydrogen-bond acceptors (Lipinski definition) is 6. The second-order valence-electron chi connectivity index (χ2n) is 8.34. The van der Waals surface area contributed by atoms with Crippen molar-refractivity contribution in [2.75, 3.05) is 45.0 Å². The van der Waals surface area contributed by atoms with Crippen molar-refractivity contribution in [2.24, 2.45) is 0 Å². The highest BCUT2D eigenvalue weighted by Crippen LogP contribution is 2.50. The van der Waals surface area contributed by atoms with Crippen LogP contribution >= 0.6 is 0 Å². The number of nitrogens with one attached hydrogen (secondary N) is 1. The zero-order valence-electron chi connectivity index (χ0n) is 18.2. The topological polar surface area (TPSA) is 69.2 Å². The molecule has 2 aromatic rings. The number of fused-ring (bicyclic) bond motifs is 2. The quantitative estimate of drug-likeness (QED) is 0.566. The van der Waals surface area contributed by atoms with Crippen LogP contribution in [0.4, 0.5) is 5.69 Å². The Balaban J connectivity index is 1.33. The summed E-state index contributed by atoms with van der Waals surface area (Å²) in [6.07, 6.45) is 4.27. The van der Waals surface area contributed by atoms with Crippen LogP contribution in [0.2, 0.25) is 0 Å². The average molecular weight is 426 g/mol. The summed E-state index contributed by atoms with van der Waals surface area (Å²) in [6, 6.07) is 14.6. The maximum Gasteiger partial charge on any atom is 0.209 e. The van der Waals surface area contributed by atoms with Crippen molar-refractivity contribution in [1.29, 1.82) is 0 Å². The molecule has 2 heterocycles. The van der Waals surface area contributed by atoms with Crippen molar-refractivity contribution in [3.05, 3.63) is 65.2 Å². The molecule has 0 fully saturated rings. The van der Waals surface area contributed by atoms with Crippen LogP contribution in [0.25, 0.3) is 6.08 Å². The zero-order valence-corrected chi connectivity index (χ0v) is 18.2. The highest BCUT2D eigenvalue weighted by Gasteiger charge is 2.53. The van der Waals surface area contributed by atoms with Gasteiger partial charge < -0.3 is 29.4 Å². The van der Waals surface area contributed by atoms with Gasteiger partial charge in [0, 0.05) is 11.3 Å². The molecule has 0 aromatic heterocycles. The highest BCUT2D eigenvalue weighted by molar-refractivity contribution is 5.70. The number of ether oxygens (including phenoxy) is 4. The van der Waals surface area contributed by atoms with Gasteiger partial charge in [0.2, 0.25) is 5.72 Å². The van der Waals surface area contributed by atoms with Crippen molar-refractivity contribution in [1.82, 2.24) is 0 Å². The molecule has 0 bridgehead atoms. The second-order valence-corrected chi connectivity index (χ2v) is 8.34. The molecular weight excluding hydrogens is 394 g/mol. The number of para-hydroxylation sites is 1. The lowest BCUT2D eigenvalue weighted by molar-refractivity contribution is 0.00443. The van der Waals surface area contributed by atoms with E-state index >= 15 is 0 Å². The van der Waals surface area contributed by atoms with Gasteiger partial charge in [-0.2, -0.15) is 0 Å². The molecule has 0 saturated carbocycles. The van der Waals surface area contributed by atoms with Gasteiger partial charge in [0.1, 0.15) is 5.75 Å². The van der Waals surface area contributed by atoms with Crippen molar-refractivity contribution in [2.45, 2.75) is 31.6 Å². The van der Waals surface area contributed by atoms with Crippen LogP contribution in [0.3, 0.4) is 0 Å². The van der Waals surface area contributed by atoms with Gasteiger partial charge in [-0.1, -0.05) is 30.3 Å². The van der Waals surface area contributed by atoms with Gasteiger partial charge in [0.15, 0.2) is 0 Å². The molecule has 1 unspecified atom stereocenters. The summed E-state index contributed by atoms with van der Waals surface area (Å²) >= 11 is 0. The van der Waals surface area contributed by atoms with Crippen molar-refractivity contribution < 1.29 is 24.1 Å². The normalized spacial score (nSPS) is 20.2. The minimum atomic E-state index is -0.616. The molecule has 2 aliphatic rings. The molecule has 6 nitrogen and oxygen atoms in total. The third-order valence-electron chi connectivity index (χ3n) is 5.94. The Hall–Kier alpha value is -2.38. The van der Waals surface area contributed by atoms with E-state index in [1.54, 1.807) is 0 Å². The third-order valence-corrected chi connectivity index (χ3v) is 5.94. The highest BCUT2D eigenvalue weighted by atomic mass is 16.5. The van der Waals surface area contributed by atoms with Gasteiger partial charge >= 0.3 is 0 Å². The first-order chi connectivity index (χ1) is 15.1. The van der Waals surface area contributed by atoms with Crippen molar-refractivity contribution >= 4 is 11.8 Å². The SMILES string of the molecule is CC1(C)c2ccccc2NC12C=Cc1ccc(COCCOCCOCCO)cc1O2. The summed E-state index contributed by atoms with van der Waals surface area (Å²) in [5, 5.41) is 12.2. The first-order valence-corrected chi connectivity index (χ1v) is 10.8. The summed E-state index contributed by atoms with van der Waals surface area (Å²) in [5.74, 6) is 0.856. The first kappa shape index (κ1) is 21.8. The summed E-state index contributed by atoms with van der Waals surface area (Å²) in [5.41, 5.74) is 3.65. The fourth-order valence-corrected chi connectivity index (χ4v) is 4.10. The lowest BCUT2D eigenvalue weighted by atomic mass is 9.76. The van der Waals surface area contributed by atoms with Crippen molar-refractivity contribution in [3.8, 4) is 5.75 Å². The van der Waals surface area contributed by atoms with Crippen LogP contribution < -0.4 is 10.1 Å². The minimum absolute atomic E-state index is 0.0327. The van der Waals surface area contributed by atoms with E-state index in [0.29, 0.717) is 39.6 Å². The van der Waals surface area contributed by atoms with Crippen LogP contribution in [-0.4, -0.2) is 50.5 Å². The smallest absolute Gasteiger partial charge is 0.209 e. The monoisotopic (exact) mass is 425 g/mol. The maximum atomic E-state index is 8.65. The van der Waals surface area contributed by atoms with Gasteiger partial charge in [-0.3, -0.25) is 0 Å².